The third-order valence-electron chi connectivity index (χ3n) is 4.91. The minimum absolute atomic E-state index is 0.0339. The first-order valence-electron chi connectivity index (χ1n) is 7.91. The predicted octanol–water partition coefficient (Wildman–Crippen LogP) is 1.38. The van der Waals surface area contributed by atoms with Crippen LogP contribution < -0.4 is 10.2 Å². The number of carbonyl (C=O) groups is 2. The molecule has 1 aliphatic carbocycles. The molecule has 1 N–H and O–H groups in total. The molecule has 0 bridgehead atoms. The SMILES string of the molecule is O=C(NC1CC1)N1CC[C@]2(CC(=O)N(c3cccnc3)C2)C1. The Labute approximate surface area is 129 Å². The van der Waals surface area contributed by atoms with Crippen molar-refractivity contribution in [2.24, 2.45) is 5.41 Å². The number of pyridine rings is 1. The van der Waals surface area contributed by atoms with Gasteiger partial charge in [0.15, 0.2) is 0 Å². The van der Waals surface area contributed by atoms with Crippen LogP contribution >= 0.6 is 0 Å². The highest BCUT2D eigenvalue weighted by Gasteiger charge is 2.49. The number of amides is 3. The maximum Gasteiger partial charge on any atom is 0.317 e. The number of aromatic nitrogens is 1. The van der Waals surface area contributed by atoms with Gasteiger partial charge in [-0.2, -0.15) is 0 Å². The molecule has 22 heavy (non-hydrogen) atoms. The van der Waals surface area contributed by atoms with Crippen LogP contribution in [0.1, 0.15) is 25.7 Å². The van der Waals surface area contributed by atoms with Crippen molar-refractivity contribution < 1.29 is 9.59 Å². The average molecular weight is 300 g/mol. The highest BCUT2D eigenvalue weighted by atomic mass is 16.2. The number of hydrogen-bond acceptors (Lipinski definition) is 3. The average Bonchev–Trinajstić information content (AvgIpc) is 3.15. The predicted molar refractivity (Wildman–Crippen MR) is 81.4 cm³/mol. The van der Waals surface area contributed by atoms with E-state index < -0.39 is 0 Å². The summed E-state index contributed by atoms with van der Waals surface area (Å²) in [5.41, 5.74) is 0.763. The lowest BCUT2D eigenvalue weighted by Gasteiger charge is -2.24. The first-order valence-corrected chi connectivity index (χ1v) is 7.91. The lowest BCUT2D eigenvalue weighted by Crippen LogP contribution is -2.41. The van der Waals surface area contributed by atoms with Crippen molar-refractivity contribution in [3.8, 4) is 0 Å². The summed E-state index contributed by atoms with van der Waals surface area (Å²) in [6.45, 7) is 2.10. The Morgan fingerprint density at radius 2 is 2.23 bits per heavy atom. The number of likely N-dealkylation sites (tertiary alicyclic amines) is 1. The molecule has 1 spiro atoms. The van der Waals surface area contributed by atoms with Crippen LogP contribution in [-0.2, 0) is 4.79 Å². The number of anilines is 1. The summed E-state index contributed by atoms with van der Waals surface area (Å²) in [6, 6.07) is 4.17. The number of hydrogen-bond donors (Lipinski definition) is 1. The molecular formula is C16H20N4O2. The molecule has 3 aliphatic rings. The smallest absolute Gasteiger partial charge is 0.317 e. The summed E-state index contributed by atoms with van der Waals surface area (Å²) in [7, 11) is 0. The first kappa shape index (κ1) is 13.5. The molecule has 2 saturated heterocycles. The molecule has 6 nitrogen and oxygen atoms in total. The number of carbonyl (C=O) groups excluding carboxylic acids is 2. The Bertz CT molecular complexity index is 601. The van der Waals surface area contributed by atoms with Crippen LogP contribution in [0.4, 0.5) is 10.5 Å². The molecule has 6 heteroatoms. The van der Waals surface area contributed by atoms with Gasteiger partial charge < -0.3 is 15.1 Å². The summed E-state index contributed by atoms with van der Waals surface area (Å²) >= 11 is 0. The van der Waals surface area contributed by atoms with Gasteiger partial charge in [0.1, 0.15) is 0 Å². The largest absolute Gasteiger partial charge is 0.335 e. The van der Waals surface area contributed by atoms with Crippen LogP contribution in [0.5, 0.6) is 0 Å². The van der Waals surface area contributed by atoms with Crippen molar-refractivity contribution in [2.45, 2.75) is 31.7 Å². The minimum Gasteiger partial charge on any atom is -0.335 e. The zero-order valence-electron chi connectivity index (χ0n) is 12.5. The van der Waals surface area contributed by atoms with Gasteiger partial charge in [-0.05, 0) is 31.4 Å². The van der Waals surface area contributed by atoms with E-state index >= 15 is 0 Å². The lowest BCUT2D eigenvalue weighted by molar-refractivity contribution is -0.117. The molecule has 3 amide bonds. The maximum absolute atomic E-state index is 12.4. The zero-order chi connectivity index (χ0) is 15.2. The van der Waals surface area contributed by atoms with Crippen molar-refractivity contribution in [3.63, 3.8) is 0 Å². The summed E-state index contributed by atoms with van der Waals surface area (Å²) in [5, 5.41) is 3.03. The number of nitrogens with zero attached hydrogens (tertiary/aromatic N) is 3. The van der Waals surface area contributed by atoms with Crippen LogP contribution in [0.25, 0.3) is 0 Å². The van der Waals surface area contributed by atoms with Gasteiger partial charge in [0.2, 0.25) is 5.91 Å². The summed E-state index contributed by atoms with van der Waals surface area (Å²) in [6.07, 6.45) is 7.04. The molecule has 1 saturated carbocycles. The Hall–Kier alpha value is -2.11. The van der Waals surface area contributed by atoms with Gasteiger partial charge >= 0.3 is 6.03 Å². The highest BCUT2D eigenvalue weighted by molar-refractivity contribution is 5.96. The topological polar surface area (TPSA) is 65.5 Å². The first-order chi connectivity index (χ1) is 10.7. The highest BCUT2D eigenvalue weighted by Crippen LogP contribution is 2.41. The molecule has 3 heterocycles. The van der Waals surface area contributed by atoms with Crippen LogP contribution in [-0.4, -0.2) is 47.5 Å². The molecule has 2 aliphatic heterocycles. The van der Waals surface area contributed by atoms with E-state index in [9.17, 15) is 9.59 Å². The molecule has 1 aromatic heterocycles. The van der Waals surface area contributed by atoms with Gasteiger partial charge in [-0.15, -0.1) is 0 Å². The van der Waals surface area contributed by atoms with E-state index in [1.807, 2.05) is 21.9 Å². The Morgan fingerprint density at radius 1 is 1.36 bits per heavy atom. The Kier molecular flexibility index (Phi) is 3.06. The standard InChI is InChI=1S/C16H20N4O2/c21-14-8-16(11-20(14)13-2-1-6-17-9-13)5-7-19(10-16)15(22)18-12-3-4-12/h1-2,6,9,12H,3-5,7-8,10-11H2,(H,18,22)/t16-/m0/s1. The zero-order valence-corrected chi connectivity index (χ0v) is 12.5. The molecule has 4 rings (SSSR count). The van der Waals surface area contributed by atoms with Gasteiger partial charge in [0.25, 0.3) is 0 Å². The monoisotopic (exact) mass is 300 g/mol. The van der Waals surface area contributed by atoms with Crippen molar-refractivity contribution in [2.75, 3.05) is 24.5 Å². The van der Waals surface area contributed by atoms with Gasteiger partial charge in [0.05, 0.1) is 11.9 Å². The van der Waals surface area contributed by atoms with E-state index in [1.165, 1.54) is 0 Å². The van der Waals surface area contributed by atoms with Gasteiger partial charge in [0, 0.05) is 43.7 Å². The lowest BCUT2D eigenvalue weighted by atomic mass is 9.86. The summed E-state index contributed by atoms with van der Waals surface area (Å²) in [5.74, 6) is 0.137. The van der Waals surface area contributed by atoms with Crippen molar-refractivity contribution in [3.05, 3.63) is 24.5 Å². The number of nitrogens with one attached hydrogen (secondary N) is 1. The van der Waals surface area contributed by atoms with Crippen LogP contribution in [0.2, 0.25) is 0 Å². The summed E-state index contributed by atoms with van der Waals surface area (Å²) < 4.78 is 0. The van der Waals surface area contributed by atoms with E-state index in [1.54, 1.807) is 12.4 Å². The van der Waals surface area contributed by atoms with Crippen molar-refractivity contribution >= 4 is 17.6 Å². The molecule has 0 radical (unpaired) electrons. The quantitative estimate of drug-likeness (QED) is 0.897. The molecule has 116 valence electrons. The molecule has 0 aromatic carbocycles. The summed E-state index contributed by atoms with van der Waals surface area (Å²) in [4.78, 5) is 32.3. The Balaban J connectivity index is 1.45. The maximum atomic E-state index is 12.4. The van der Waals surface area contributed by atoms with E-state index in [-0.39, 0.29) is 17.4 Å². The minimum atomic E-state index is -0.0895. The van der Waals surface area contributed by atoms with Gasteiger partial charge in [-0.3, -0.25) is 9.78 Å². The van der Waals surface area contributed by atoms with Crippen LogP contribution in [0.15, 0.2) is 24.5 Å². The second-order valence-electron chi connectivity index (χ2n) is 6.76. The van der Waals surface area contributed by atoms with E-state index in [2.05, 4.69) is 10.3 Å². The van der Waals surface area contributed by atoms with Crippen LogP contribution in [0, 0.1) is 5.41 Å². The van der Waals surface area contributed by atoms with E-state index in [0.29, 0.717) is 25.6 Å². The molecule has 0 unspecified atom stereocenters. The molecule has 3 fully saturated rings. The van der Waals surface area contributed by atoms with Crippen molar-refractivity contribution in [1.82, 2.24) is 15.2 Å². The number of rotatable bonds is 2. The molecule has 1 atom stereocenters. The van der Waals surface area contributed by atoms with E-state index in [0.717, 1.165) is 31.5 Å². The molecular weight excluding hydrogens is 280 g/mol. The van der Waals surface area contributed by atoms with Gasteiger partial charge in [-0.25, -0.2) is 4.79 Å². The molecule has 1 aromatic rings. The van der Waals surface area contributed by atoms with Crippen molar-refractivity contribution in [1.29, 1.82) is 0 Å². The third kappa shape index (κ3) is 2.42. The third-order valence-corrected chi connectivity index (χ3v) is 4.91. The normalized spacial score (nSPS) is 27.7. The van der Waals surface area contributed by atoms with Gasteiger partial charge in [-0.1, -0.05) is 0 Å². The van der Waals surface area contributed by atoms with E-state index in [4.69, 9.17) is 0 Å². The van der Waals surface area contributed by atoms with Crippen LogP contribution in [0.3, 0.4) is 0 Å². The fraction of sp³-hybridized carbons (Fsp3) is 0.562. The fourth-order valence-corrected chi connectivity index (χ4v) is 3.52. The second kappa shape index (κ2) is 4.97. The fourth-order valence-electron chi connectivity index (χ4n) is 3.52. The Morgan fingerprint density at radius 3 is 2.95 bits per heavy atom. The number of urea groups is 1. The second-order valence-corrected chi connectivity index (χ2v) is 6.76.